The van der Waals surface area contributed by atoms with Crippen molar-refractivity contribution < 1.29 is 4.79 Å². The molecule has 0 saturated carbocycles. The molecule has 0 bridgehead atoms. The van der Waals surface area contributed by atoms with Gasteiger partial charge in [-0.2, -0.15) is 0 Å². The number of aryl methyl sites for hydroxylation is 1. The molecule has 128 valence electrons. The van der Waals surface area contributed by atoms with E-state index in [2.05, 4.69) is 20.5 Å². The molecule has 2 aromatic rings. The van der Waals surface area contributed by atoms with E-state index in [4.69, 9.17) is 0 Å². The number of nitrogens with zero attached hydrogens (tertiary/aromatic N) is 6. The molecule has 1 aliphatic rings. The van der Waals surface area contributed by atoms with Crippen LogP contribution in [-0.2, 0) is 11.3 Å². The minimum absolute atomic E-state index is 0.0672. The molecule has 0 atom stereocenters. The Morgan fingerprint density at radius 2 is 2.12 bits per heavy atom. The Balaban J connectivity index is 1.54. The highest BCUT2D eigenvalue weighted by Crippen LogP contribution is 2.10. The topological polar surface area (TPSA) is 96.2 Å². The minimum Gasteiger partial charge on any atom is -0.349 e. The molecular formula is C14H19N7O2S. The first-order chi connectivity index (χ1) is 11.7. The predicted octanol–water partition coefficient (Wildman–Crippen LogP) is -0.125. The van der Waals surface area contributed by atoms with E-state index in [0.717, 1.165) is 0 Å². The smallest absolute Gasteiger partial charge is 0.293 e. The van der Waals surface area contributed by atoms with Gasteiger partial charge < -0.3 is 9.47 Å². The summed E-state index contributed by atoms with van der Waals surface area (Å²) >= 11 is 1.29. The van der Waals surface area contributed by atoms with E-state index in [-0.39, 0.29) is 11.5 Å². The molecule has 0 radical (unpaired) electrons. The lowest BCUT2D eigenvalue weighted by Crippen LogP contribution is -2.50. The van der Waals surface area contributed by atoms with Crippen molar-refractivity contribution in [2.75, 3.05) is 42.9 Å². The SMILES string of the molecule is CCn1ccnc(N2CCN(CC(=O)Nc3nncs3)CC2)c1=O. The largest absolute Gasteiger partial charge is 0.349 e. The van der Waals surface area contributed by atoms with Crippen molar-refractivity contribution in [1.82, 2.24) is 24.6 Å². The first-order valence-electron chi connectivity index (χ1n) is 7.76. The summed E-state index contributed by atoms with van der Waals surface area (Å²) in [5.41, 5.74) is 1.51. The monoisotopic (exact) mass is 349 g/mol. The van der Waals surface area contributed by atoms with E-state index in [1.165, 1.54) is 11.3 Å². The maximum Gasteiger partial charge on any atom is 0.293 e. The maximum atomic E-state index is 12.3. The number of piperazine rings is 1. The van der Waals surface area contributed by atoms with E-state index in [0.29, 0.717) is 50.2 Å². The highest BCUT2D eigenvalue weighted by Gasteiger charge is 2.22. The van der Waals surface area contributed by atoms with Crippen LogP contribution in [0.15, 0.2) is 22.7 Å². The number of hydrogen-bond donors (Lipinski definition) is 1. The van der Waals surface area contributed by atoms with Gasteiger partial charge in [-0.15, -0.1) is 10.2 Å². The fraction of sp³-hybridized carbons (Fsp3) is 0.500. The molecule has 0 aliphatic carbocycles. The first-order valence-corrected chi connectivity index (χ1v) is 8.64. The number of rotatable bonds is 5. The molecule has 3 heterocycles. The van der Waals surface area contributed by atoms with Gasteiger partial charge >= 0.3 is 0 Å². The van der Waals surface area contributed by atoms with Gasteiger partial charge in [0, 0.05) is 45.1 Å². The molecule has 3 rings (SSSR count). The summed E-state index contributed by atoms with van der Waals surface area (Å²) in [5.74, 6) is 0.378. The summed E-state index contributed by atoms with van der Waals surface area (Å²) in [4.78, 5) is 32.5. The Morgan fingerprint density at radius 1 is 1.33 bits per heavy atom. The Kier molecular flexibility index (Phi) is 5.16. The van der Waals surface area contributed by atoms with Crippen LogP contribution in [0.3, 0.4) is 0 Å². The summed E-state index contributed by atoms with van der Waals surface area (Å²) in [5, 5.41) is 10.7. The molecule has 1 aliphatic heterocycles. The number of amides is 1. The first kappa shape index (κ1) is 16.5. The Morgan fingerprint density at radius 3 is 2.79 bits per heavy atom. The second-order valence-electron chi connectivity index (χ2n) is 5.40. The number of hydrogen-bond acceptors (Lipinski definition) is 8. The van der Waals surface area contributed by atoms with Crippen molar-refractivity contribution in [2.45, 2.75) is 13.5 Å². The molecule has 24 heavy (non-hydrogen) atoms. The van der Waals surface area contributed by atoms with Crippen LogP contribution in [0.25, 0.3) is 0 Å². The van der Waals surface area contributed by atoms with Gasteiger partial charge in [0.25, 0.3) is 5.56 Å². The zero-order valence-electron chi connectivity index (χ0n) is 13.4. The van der Waals surface area contributed by atoms with Crippen molar-refractivity contribution in [1.29, 1.82) is 0 Å². The van der Waals surface area contributed by atoms with Gasteiger partial charge in [0.2, 0.25) is 11.0 Å². The summed E-state index contributed by atoms with van der Waals surface area (Å²) < 4.78 is 1.64. The third-order valence-electron chi connectivity index (χ3n) is 3.88. The fourth-order valence-corrected chi connectivity index (χ4v) is 3.07. The molecule has 0 aromatic carbocycles. The predicted molar refractivity (Wildman–Crippen MR) is 91.4 cm³/mol. The van der Waals surface area contributed by atoms with Crippen molar-refractivity contribution in [3.63, 3.8) is 0 Å². The Bertz CT molecular complexity index is 738. The van der Waals surface area contributed by atoms with Crippen LogP contribution in [0.1, 0.15) is 6.92 Å². The van der Waals surface area contributed by atoms with Gasteiger partial charge in [0.05, 0.1) is 6.54 Å². The summed E-state index contributed by atoms with van der Waals surface area (Å²) in [6.07, 6.45) is 3.35. The highest BCUT2D eigenvalue weighted by atomic mass is 32.1. The van der Waals surface area contributed by atoms with E-state index >= 15 is 0 Å². The standard InChI is InChI=1S/C14H19N7O2S/c1-2-20-4-3-15-12(13(20)23)21-7-5-19(6-8-21)9-11(22)17-14-18-16-10-24-14/h3-4,10H,2,5-9H2,1H3,(H,17,18,22). The van der Waals surface area contributed by atoms with Crippen molar-refractivity contribution in [3.05, 3.63) is 28.3 Å². The molecule has 2 aromatic heterocycles. The van der Waals surface area contributed by atoms with Crippen LogP contribution in [0.2, 0.25) is 0 Å². The van der Waals surface area contributed by atoms with E-state index in [1.807, 2.05) is 16.7 Å². The van der Waals surface area contributed by atoms with Crippen molar-refractivity contribution in [2.24, 2.45) is 0 Å². The normalized spacial score (nSPS) is 15.5. The summed E-state index contributed by atoms with van der Waals surface area (Å²) in [7, 11) is 0. The van der Waals surface area contributed by atoms with Crippen LogP contribution in [0.5, 0.6) is 0 Å². The molecule has 1 N–H and O–H groups in total. The minimum atomic E-state index is -0.105. The Hall–Kier alpha value is -2.33. The van der Waals surface area contributed by atoms with Gasteiger partial charge in [-0.1, -0.05) is 11.3 Å². The van der Waals surface area contributed by atoms with Crippen molar-refractivity contribution in [3.8, 4) is 0 Å². The van der Waals surface area contributed by atoms with E-state index in [1.54, 1.807) is 22.5 Å². The molecule has 1 fully saturated rings. The highest BCUT2D eigenvalue weighted by molar-refractivity contribution is 7.13. The third kappa shape index (κ3) is 3.77. The zero-order valence-corrected chi connectivity index (χ0v) is 14.2. The van der Waals surface area contributed by atoms with Crippen LogP contribution >= 0.6 is 11.3 Å². The average Bonchev–Trinajstić information content (AvgIpc) is 3.09. The second kappa shape index (κ2) is 7.49. The molecule has 10 heteroatoms. The molecule has 1 amide bonds. The lowest BCUT2D eigenvalue weighted by Gasteiger charge is -2.34. The van der Waals surface area contributed by atoms with Gasteiger partial charge in [-0.05, 0) is 6.92 Å². The number of carbonyl (C=O) groups is 1. The number of nitrogens with one attached hydrogen (secondary N) is 1. The van der Waals surface area contributed by atoms with Gasteiger partial charge in [-0.25, -0.2) is 4.98 Å². The van der Waals surface area contributed by atoms with Crippen molar-refractivity contribution >= 4 is 28.2 Å². The van der Waals surface area contributed by atoms with E-state index in [9.17, 15) is 9.59 Å². The number of carbonyl (C=O) groups excluding carboxylic acids is 1. The molecule has 9 nitrogen and oxygen atoms in total. The van der Waals surface area contributed by atoms with Gasteiger partial charge in [-0.3, -0.25) is 19.8 Å². The van der Waals surface area contributed by atoms with Crippen LogP contribution in [-0.4, -0.2) is 63.3 Å². The van der Waals surface area contributed by atoms with Crippen LogP contribution in [0.4, 0.5) is 10.9 Å². The molecule has 0 unspecified atom stereocenters. The number of aromatic nitrogens is 4. The average molecular weight is 349 g/mol. The number of anilines is 2. The van der Waals surface area contributed by atoms with E-state index < -0.39 is 0 Å². The zero-order chi connectivity index (χ0) is 16.9. The van der Waals surface area contributed by atoms with Gasteiger partial charge in [0.15, 0.2) is 5.82 Å². The van der Waals surface area contributed by atoms with Crippen LogP contribution < -0.4 is 15.8 Å². The fourth-order valence-electron chi connectivity index (χ4n) is 2.61. The molecule has 0 spiro atoms. The lowest BCUT2D eigenvalue weighted by atomic mass is 10.3. The quantitative estimate of drug-likeness (QED) is 0.803. The second-order valence-corrected chi connectivity index (χ2v) is 6.23. The summed E-state index contributed by atoms with van der Waals surface area (Å²) in [6, 6.07) is 0. The maximum absolute atomic E-state index is 12.3. The lowest BCUT2D eigenvalue weighted by molar-refractivity contribution is -0.117. The van der Waals surface area contributed by atoms with Crippen LogP contribution in [0, 0.1) is 0 Å². The Labute approximate surface area is 142 Å². The third-order valence-corrected chi connectivity index (χ3v) is 4.49. The van der Waals surface area contributed by atoms with Gasteiger partial charge in [0.1, 0.15) is 5.51 Å². The molecular weight excluding hydrogens is 330 g/mol. The summed E-state index contributed by atoms with van der Waals surface area (Å²) in [6.45, 7) is 5.59. The molecule has 1 saturated heterocycles.